The number of nitrogens with one attached hydrogen (secondary N) is 1. The molecule has 2 heterocycles. The highest BCUT2D eigenvalue weighted by atomic mass is 35.5. The van der Waals surface area contributed by atoms with E-state index in [0.717, 1.165) is 16.3 Å². The fourth-order valence-corrected chi connectivity index (χ4v) is 3.79. The van der Waals surface area contributed by atoms with Crippen LogP contribution in [0.4, 0.5) is 5.82 Å². The van der Waals surface area contributed by atoms with Crippen LogP contribution < -0.4 is 10.1 Å². The molecular formula is C23H21ClN4O2S. The van der Waals surface area contributed by atoms with E-state index < -0.39 is 0 Å². The van der Waals surface area contributed by atoms with Crippen molar-refractivity contribution in [3.05, 3.63) is 93.0 Å². The van der Waals surface area contributed by atoms with Crippen LogP contribution in [0.2, 0.25) is 5.02 Å². The smallest absolute Gasteiger partial charge is 0.231 e. The highest BCUT2D eigenvalue weighted by Crippen LogP contribution is 2.19. The Morgan fingerprint density at radius 3 is 2.68 bits per heavy atom. The maximum atomic E-state index is 12.5. The fraction of sp³-hybridized carbons (Fsp3) is 0.174. The summed E-state index contributed by atoms with van der Waals surface area (Å²) in [5, 5.41) is 10.6. The molecule has 2 aromatic heterocycles. The minimum atomic E-state index is -0.138. The summed E-state index contributed by atoms with van der Waals surface area (Å²) >= 11 is 7.35. The van der Waals surface area contributed by atoms with Crippen molar-refractivity contribution in [2.75, 3.05) is 5.32 Å². The zero-order valence-electron chi connectivity index (χ0n) is 16.9. The van der Waals surface area contributed by atoms with Crippen molar-refractivity contribution in [1.82, 2.24) is 14.8 Å². The monoisotopic (exact) mass is 452 g/mol. The highest BCUT2D eigenvalue weighted by molar-refractivity contribution is 7.09. The van der Waals surface area contributed by atoms with Gasteiger partial charge in [-0.25, -0.2) is 9.67 Å². The fourth-order valence-electron chi connectivity index (χ4n) is 2.96. The first-order valence-corrected chi connectivity index (χ1v) is 11.0. The van der Waals surface area contributed by atoms with Crippen LogP contribution in [-0.4, -0.2) is 20.7 Å². The van der Waals surface area contributed by atoms with Crippen molar-refractivity contribution in [3.8, 4) is 5.75 Å². The Morgan fingerprint density at radius 2 is 1.90 bits per heavy atom. The van der Waals surface area contributed by atoms with Gasteiger partial charge in [-0.2, -0.15) is 5.10 Å². The molecule has 0 fully saturated rings. The molecule has 1 N–H and O–H groups in total. The zero-order chi connectivity index (χ0) is 21.6. The number of anilines is 1. The number of amides is 1. The predicted molar refractivity (Wildman–Crippen MR) is 123 cm³/mol. The molecule has 0 bridgehead atoms. The number of rotatable bonds is 8. The first-order chi connectivity index (χ1) is 15.0. The molecule has 0 spiro atoms. The summed E-state index contributed by atoms with van der Waals surface area (Å²) in [5.41, 5.74) is 3.04. The van der Waals surface area contributed by atoms with E-state index >= 15 is 0 Å². The van der Waals surface area contributed by atoms with Gasteiger partial charge >= 0.3 is 0 Å². The van der Waals surface area contributed by atoms with Crippen LogP contribution in [0.25, 0.3) is 0 Å². The van der Waals surface area contributed by atoms with E-state index in [2.05, 4.69) is 46.6 Å². The number of hydrogen-bond acceptors (Lipinski definition) is 5. The van der Waals surface area contributed by atoms with Gasteiger partial charge in [0, 0.05) is 16.5 Å². The molecule has 0 saturated heterocycles. The van der Waals surface area contributed by atoms with Gasteiger partial charge in [-0.1, -0.05) is 41.4 Å². The zero-order valence-corrected chi connectivity index (χ0v) is 18.5. The van der Waals surface area contributed by atoms with E-state index in [9.17, 15) is 4.79 Å². The standard InChI is InChI=1S/C23H21ClN4O2S/c1-16-2-4-17(5-3-16)13-28-21(10-11-25-28)27-22(29)12-19-15-31-23(26-19)14-30-20-8-6-18(24)7-9-20/h2-11,15H,12-14H2,1H3,(H,27,29). The Hall–Kier alpha value is -3.16. The minimum absolute atomic E-state index is 0.138. The Labute approximate surface area is 189 Å². The number of ether oxygens (including phenoxy) is 1. The summed E-state index contributed by atoms with van der Waals surface area (Å²) in [6, 6.07) is 17.2. The van der Waals surface area contributed by atoms with Gasteiger partial charge in [0.1, 0.15) is 23.2 Å². The second-order valence-electron chi connectivity index (χ2n) is 7.06. The number of thiazole rings is 1. The molecular weight excluding hydrogens is 432 g/mol. The summed E-state index contributed by atoms with van der Waals surface area (Å²) in [6.45, 7) is 2.99. The summed E-state index contributed by atoms with van der Waals surface area (Å²) in [5.74, 6) is 1.24. The molecule has 0 aliphatic rings. The molecule has 4 rings (SSSR count). The van der Waals surface area contributed by atoms with E-state index in [1.165, 1.54) is 16.9 Å². The Morgan fingerprint density at radius 1 is 1.13 bits per heavy atom. The third-order valence-electron chi connectivity index (χ3n) is 4.55. The van der Waals surface area contributed by atoms with Crippen LogP contribution in [0.5, 0.6) is 5.75 Å². The molecule has 158 valence electrons. The van der Waals surface area contributed by atoms with Gasteiger partial charge in [0.05, 0.1) is 24.9 Å². The Kier molecular flexibility index (Phi) is 6.64. The molecule has 0 aliphatic heterocycles. The third kappa shape index (κ3) is 5.93. The molecule has 0 saturated carbocycles. The largest absolute Gasteiger partial charge is 0.486 e. The number of halogens is 1. The van der Waals surface area contributed by atoms with Crippen molar-refractivity contribution < 1.29 is 9.53 Å². The van der Waals surface area contributed by atoms with Gasteiger partial charge in [0.15, 0.2) is 0 Å². The number of carbonyl (C=O) groups is 1. The van der Waals surface area contributed by atoms with E-state index in [0.29, 0.717) is 29.7 Å². The number of hydrogen-bond donors (Lipinski definition) is 1. The number of aromatic nitrogens is 3. The molecule has 0 unspecified atom stereocenters. The molecule has 2 aromatic carbocycles. The summed E-state index contributed by atoms with van der Waals surface area (Å²) in [7, 11) is 0. The van der Waals surface area contributed by atoms with Crippen molar-refractivity contribution in [3.63, 3.8) is 0 Å². The van der Waals surface area contributed by atoms with Crippen LogP contribution in [0.1, 0.15) is 21.8 Å². The molecule has 6 nitrogen and oxygen atoms in total. The molecule has 31 heavy (non-hydrogen) atoms. The lowest BCUT2D eigenvalue weighted by Gasteiger charge is -2.09. The maximum absolute atomic E-state index is 12.5. The average molecular weight is 453 g/mol. The quantitative estimate of drug-likeness (QED) is 0.403. The number of aryl methyl sites for hydroxylation is 1. The Balaban J connectivity index is 1.31. The van der Waals surface area contributed by atoms with Crippen LogP contribution in [0.15, 0.2) is 66.2 Å². The molecule has 4 aromatic rings. The summed E-state index contributed by atoms with van der Waals surface area (Å²) in [4.78, 5) is 17.0. The van der Waals surface area contributed by atoms with E-state index in [-0.39, 0.29) is 12.3 Å². The van der Waals surface area contributed by atoms with Gasteiger partial charge < -0.3 is 10.1 Å². The summed E-state index contributed by atoms with van der Waals surface area (Å²) < 4.78 is 7.48. The number of benzene rings is 2. The minimum Gasteiger partial charge on any atom is -0.486 e. The molecule has 0 radical (unpaired) electrons. The first kappa shape index (κ1) is 21.1. The van der Waals surface area contributed by atoms with Crippen LogP contribution in [0, 0.1) is 6.92 Å². The lowest BCUT2D eigenvalue weighted by molar-refractivity contribution is -0.115. The maximum Gasteiger partial charge on any atom is 0.231 e. The van der Waals surface area contributed by atoms with E-state index in [1.807, 2.05) is 17.5 Å². The molecule has 0 atom stereocenters. The Bertz CT molecular complexity index is 1150. The van der Waals surface area contributed by atoms with Gasteiger partial charge in [0.2, 0.25) is 5.91 Å². The summed E-state index contributed by atoms with van der Waals surface area (Å²) in [6.07, 6.45) is 1.87. The third-order valence-corrected chi connectivity index (χ3v) is 5.68. The van der Waals surface area contributed by atoms with Crippen molar-refractivity contribution >= 4 is 34.7 Å². The van der Waals surface area contributed by atoms with Crippen molar-refractivity contribution in [1.29, 1.82) is 0 Å². The van der Waals surface area contributed by atoms with Gasteiger partial charge in [0.25, 0.3) is 0 Å². The van der Waals surface area contributed by atoms with Gasteiger partial charge in [-0.15, -0.1) is 11.3 Å². The van der Waals surface area contributed by atoms with Crippen molar-refractivity contribution in [2.45, 2.75) is 26.5 Å². The number of carbonyl (C=O) groups excluding carboxylic acids is 1. The van der Waals surface area contributed by atoms with Crippen LogP contribution >= 0.6 is 22.9 Å². The average Bonchev–Trinajstić information content (AvgIpc) is 3.38. The van der Waals surface area contributed by atoms with Gasteiger partial charge in [-0.05, 0) is 36.8 Å². The van der Waals surface area contributed by atoms with Crippen LogP contribution in [-0.2, 0) is 24.4 Å². The topological polar surface area (TPSA) is 69.0 Å². The molecule has 0 aliphatic carbocycles. The van der Waals surface area contributed by atoms with Gasteiger partial charge in [-0.3, -0.25) is 4.79 Å². The lowest BCUT2D eigenvalue weighted by Crippen LogP contribution is -2.18. The van der Waals surface area contributed by atoms with Crippen molar-refractivity contribution in [2.24, 2.45) is 0 Å². The molecule has 8 heteroatoms. The number of nitrogens with zero attached hydrogens (tertiary/aromatic N) is 3. The molecule has 1 amide bonds. The SMILES string of the molecule is Cc1ccc(Cn2nccc2NC(=O)Cc2csc(COc3ccc(Cl)cc3)n2)cc1. The first-order valence-electron chi connectivity index (χ1n) is 9.74. The highest BCUT2D eigenvalue weighted by Gasteiger charge is 2.11. The van der Waals surface area contributed by atoms with E-state index in [1.54, 1.807) is 29.1 Å². The van der Waals surface area contributed by atoms with E-state index in [4.69, 9.17) is 16.3 Å². The normalized spacial score (nSPS) is 10.8. The predicted octanol–water partition coefficient (Wildman–Crippen LogP) is 5.11. The second-order valence-corrected chi connectivity index (χ2v) is 8.44. The second kappa shape index (κ2) is 9.76. The van der Waals surface area contributed by atoms with Crippen LogP contribution in [0.3, 0.4) is 0 Å². The lowest BCUT2D eigenvalue weighted by atomic mass is 10.1.